The highest BCUT2D eigenvalue weighted by atomic mass is 16.1. The van der Waals surface area contributed by atoms with Crippen LogP contribution in [0.15, 0.2) is 18.2 Å². The summed E-state index contributed by atoms with van der Waals surface area (Å²) in [6, 6.07) is 6.15. The minimum Gasteiger partial charge on any atom is -0.385 e. The Morgan fingerprint density at radius 3 is 2.85 bits per heavy atom. The fraction of sp³-hybridized carbons (Fsp3) is 0.588. The monoisotopic (exact) mass is 272 g/mol. The smallest absolute Gasteiger partial charge is 0.164 e. The van der Waals surface area contributed by atoms with Crippen molar-refractivity contribution in [1.29, 1.82) is 0 Å². The van der Waals surface area contributed by atoms with Crippen molar-refractivity contribution in [3.05, 3.63) is 29.3 Å². The summed E-state index contributed by atoms with van der Waals surface area (Å²) in [4.78, 5) is 14.8. The summed E-state index contributed by atoms with van der Waals surface area (Å²) in [5.41, 5.74) is 3.41. The van der Waals surface area contributed by atoms with Crippen LogP contribution in [0.3, 0.4) is 0 Å². The summed E-state index contributed by atoms with van der Waals surface area (Å²) in [5, 5.41) is 3.39. The first-order chi connectivity index (χ1) is 9.83. The number of fused-ring (bicyclic) bond motifs is 1. The normalized spacial score (nSPS) is 19.2. The number of Topliss-reactive ketones (excluding diaryl/α,β-unsaturated/α-hetero) is 1. The number of nitrogens with zero attached hydrogens (tertiary/aromatic N) is 1. The molecule has 2 heterocycles. The summed E-state index contributed by atoms with van der Waals surface area (Å²) in [5.74, 6) is 0.295. The SMILES string of the molecule is O=C(CCN1CCCCC1)c1ccc2c(c1)CCCN2. The van der Waals surface area contributed by atoms with Gasteiger partial charge in [-0.1, -0.05) is 6.42 Å². The number of hydrogen-bond donors (Lipinski definition) is 1. The van der Waals surface area contributed by atoms with Crippen molar-refractivity contribution in [3.8, 4) is 0 Å². The number of ketones is 1. The van der Waals surface area contributed by atoms with Crippen molar-refractivity contribution in [2.45, 2.75) is 38.5 Å². The second kappa shape index (κ2) is 6.40. The van der Waals surface area contributed by atoms with Crippen LogP contribution in [0.25, 0.3) is 0 Å². The number of likely N-dealkylation sites (tertiary alicyclic amines) is 1. The highest BCUT2D eigenvalue weighted by molar-refractivity contribution is 5.96. The number of anilines is 1. The fourth-order valence-corrected chi connectivity index (χ4v) is 3.24. The van der Waals surface area contributed by atoms with Crippen LogP contribution in [0.2, 0.25) is 0 Å². The Kier molecular flexibility index (Phi) is 4.36. The molecule has 0 aromatic heterocycles. The maximum Gasteiger partial charge on any atom is 0.164 e. The molecule has 1 aromatic rings. The van der Waals surface area contributed by atoms with Crippen LogP contribution in [0, 0.1) is 0 Å². The van der Waals surface area contributed by atoms with Crippen LogP contribution in [0.5, 0.6) is 0 Å². The van der Waals surface area contributed by atoms with Gasteiger partial charge in [0.15, 0.2) is 5.78 Å². The number of carbonyl (C=O) groups excluding carboxylic acids is 1. The zero-order valence-electron chi connectivity index (χ0n) is 12.2. The topological polar surface area (TPSA) is 32.3 Å². The zero-order valence-corrected chi connectivity index (χ0v) is 12.2. The molecule has 0 atom stereocenters. The van der Waals surface area contributed by atoms with Gasteiger partial charge in [-0.3, -0.25) is 4.79 Å². The Balaban J connectivity index is 1.59. The maximum atomic E-state index is 12.3. The highest BCUT2D eigenvalue weighted by Gasteiger charge is 2.15. The minimum absolute atomic E-state index is 0.295. The maximum absolute atomic E-state index is 12.3. The second-order valence-electron chi connectivity index (χ2n) is 5.98. The predicted octanol–water partition coefficient (Wildman–Crippen LogP) is 3.10. The molecule has 0 radical (unpaired) electrons. The van der Waals surface area contributed by atoms with Crippen LogP contribution >= 0.6 is 0 Å². The van der Waals surface area contributed by atoms with Crippen molar-refractivity contribution < 1.29 is 4.79 Å². The third-order valence-corrected chi connectivity index (χ3v) is 4.47. The Bertz CT molecular complexity index is 478. The molecule has 1 saturated heterocycles. The molecule has 20 heavy (non-hydrogen) atoms. The molecule has 1 aromatic carbocycles. The van der Waals surface area contributed by atoms with E-state index in [9.17, 15) is 4.79 Å². The van der Waals surface area contributed by atoms with Crippen LogP contribution in [0.4, 0.5) is 5.69 Å². The van der Waals surface area contributed by atoms with Crippen LogP contribution in [-0.4, -0.2) is 36.9 Å². The van der Waals surface area contributed by atoms with Gasteiger partial charge < -0.3 is 10.2 Å². The third-order valence-electron chi connectivity index (χ3n) is 4.47. The molecule has 0 spiro atoms. The van der Waals surface area contributed by atoms with Gasteiger partial charge in [0.25, 0.3) is 0 Å². The van der Waals surface area contributed by atoms with Gasteiger partial charge in [0.2, 0.25) is 0 Å². The zero-order chi connectivity index (χ0) is 13.8. The van der Waals surface area contributed by atoms with E-state index in [1.165, 1.54) is 50.0 Å². The molecule has 0 bridgehead atoms. The Hall–Kier alpha value is -1.35. The van der Waals surface area contributed by atoms with E-state index in [1.54, 1.807) is 0 Å². The molecule has 108 valence electrons. The fourth-order valence-electron chi connectivity index (χ4n) is 3.24. The van der Waals surface area contributed by atoms with Crippen LogP contribution in [-0.2, 0) is 6.42 Å². The first-order valence-electron chi connectivity index (χ1n) is 7.95. The molecule has 2 aliphatic rings. The van der Waals surface area contributed by atoms with Gasteiger partial charge in [-0.15, -0.1) is 0 Å². The lowest BCUT2D eigenvalue weighted by molar-refractivity contribution is 0.0958. The van der Waals surface area contributed by atoms with Crippen molar-refractivity contribution in [1.82, 2.24) is 4.90 Å². The standard InChI is InChI=1S/C17H24N2O/c20-17(8-12-19-10-2-1-3-11-19)15-6-7-16-14(13-15)5-4-9-18-16/h6-7,13,18H,1-5,8-12H2. The Morgan fingerprint density at radius 1 is 1.15 bits per heavy atom. The lowest BCUT2D eigenvalue weighted by Gasteiger charge is -2.26. The number of aryl methyl sites for hydroxylation is 1. The van der Waals surface area contributed by atoms with Crippen LogP contribution in [0.1, 0.15) is 48.0 Å². The highest BCUT2D eigenvalue weighted by Crippen LogP contribution is 2.23. The van der Waals surface area contributed by atoms with Crippen molar-refractivity contribution in [3.63, 3.8) is 0 Å². The van der Waals surface area contributed by atoms with E-state index in [2.05, 4.69) is 22.3 Å². The molecule has 3 rings (SSSR count). The number of nitrogens with one attached hydrogen (secondary N) is 1. The molecule has 3 nitrogen and oxygen atoms in total. The number of carbonyl (C=O) groups is 1. The lowest BCUT2D eigenvalue weighted by Crippen LogP contribution is -2.31. The average molecular weight is 272 g/mol. The van der Waals surface area contributed by atoms with Gasteiger partial charge in [0.1, 0.15) is 0 Å². The van der Waals surface area contributed by atoms with E-state index in [1.807, 2.05) is 6.07 Å². The van der Waals surface area contributed by atoms with Gasteiger partial charge in [-0.25, -0.2) is 0 Å². The summed E-state index contributed by atoms with van der Waals surface area (Å²) < 4.78 is 0. The molecule has 2 aliphatic heterocycles. The van der Waals surface area contributed by atoms with E-state index in [-0.39, 0.29) is 0 Å². The summed E-state index contributed by atoms with van der Waals surface area (Å²) >= 11 is 0. The minimum atomic E-state index is 0.295. The molecule has 3 heteroatoms. The second-order valence-corrected chi connectivity index (χ2v) is 5.98. The third kappa shape index (κ3) is 3.21. The van der Waals surface area contributed by atoms with E-state index in [4.69, 9.17) is 0 Å². The van der Waals surface area contributed by atoms with Gasteiger partial charge in [-0.05, 0) is 62.5 Å². The molecular formula is C17H24N2O. The van der Waals surface area contributed by atoms with Crippen molar-refractivity contribution in [2.75, 3.05) is 31.5 Å². The number of benzene rings is 1. The van der Waals surface area contributed by atoms with E-state index in [0.717, 1.165) is 25.1 Å². The van der Waals surface area contributed by atoms with Gasteiger partial charge in [0.05, 0.1) is 0 Å². The van der Waals surface area contributed by atoms with Gasteiger partial charge in [-0.2, -0.15) is 0 Å². The Morgan fingerprint density at radius 2 is 2.00 bits per heavy atom. The summed E-state index contributed by atoms with van der Waals surface area (Å²) in [7, 11) is 0. The molecule has 0 aliphatic carbocycles. The summed E-state index contributed by atoms with van der Waals surface area (Å²) in [6.45, 7) is 4.31. The average Bonchev–Trinajstić information content (AvgIpc) is 2.53. The molecule has 0 amide bonds. The number of hydrogen-bond acceptors (Lipinski definition) is 3. The van der Waals surface area contributed by atoms with Gasteiger partial charge in [0, 0.05) is 30.8 Å². The van der Waals surface area contributed by atoms with Crippen LogP contribution < -0.4 is 5.32 Å². The molecule has 1 fully saturated rings. The van der Waals surface area contributed by atoms with E-state index < -0.39 is 0 Å². The van der Waals surface area contributed by atoms with Crippen molar-refractivity contribution in [2.24, 2.45) is 0 Å². The Labute approximate surface area is 121 Å². The quantitative estimate of drug-likeness (QED) is 0.855. The number of piperidine rings is 1. The predicted molar refractivity (Wildman–Crippen MR) is 82.5 cm³/mol. The van der Waals surface area contributed by atoms with E-state index >= 15 is 0 Å². The largest absolute Gasteiger partial charge is 0.385 e. The van der Waals surface area contributed by atoms with Crippen molar-refractivity contribution >= 4 is 11.5 Å². The number of rotatable bonds is 4. The van der Waals surface area contributed by atoms with E-state index in [0.29, 0.717) is 12.2 Å². The first kappa shape index (κ1) is 13.6. The molecule has 1 N–H and O–H groups in total. The molecule has 0 saturated carbocycles. The lowest BCUT2D eigenvalue weighted by atomic mass is 9.98. The summed E-state index contributed by atoms with van der Waals surface area (Å²) in [6.07, 6.45) is 6.85. The molecule has 0 unspecified atom stereocenters. The van der Waals surface area contributed by atoms with Gasteiger partial charge >= 0.3 is 0 Å². The first-order valence-corrected chi connectivity index (χ1v) is 7.95. The molecular weight excluding hydrogens is 248 g/mol.